The van der Waals surface area contributed by atoms with Crippen LogP contribution in [0.15, 0.2) is 55.0 Å². The maximum Gasteiger partial charge on any atom is 0.253 e. The van der Waals surface area contributed by atoms with Crippen LogP contribution in [0.2, 0.25) is 0 Å². The Kier molecular flexibility index (Phi) is 4.03. The van der Waals surface area contributed by atoms with E-state index in [0.717, 1.165) is 32.0 Å². The van der Waals surface area contributed by atoms with Gasteiger partial charge >= 0.3 is 0 Å². The molecule has 0 fully saturated rings. The third-order valence-corrected chi connectivity index (χ3v) is 5.25. The van der Waals surface area contributed by atoms with Crippen LogP contribution in [0.25, 0.3) is 21.5 Å². The molecule has 0 aliphatic carbocycles. The van der Waals surface area contributed by atoms with Gasteiger partial charge in [0.05, 0.1) is 17.8 Å². The van der Waals surface area contributed by atoms with E-state index in [2.05, 4.69) is 20.3 Å². The number of aryl methyl sites for hydroxylation is 1. The fourth-order valence-electron chi connectivity index (χ4n) is 2.72. The average Bonchev–Trinajstić information content (AvgIpc) is 3.24. The van der Waals surface area contributed by atoms with Gasteiger partial charge in [0.25, 0.3) is 5.91 Å². The van der Waals surface area contributed by atoms with Gasteiger partial charge in [-0.2, -0.15) is 0 Å². The fourth-order valence-corrected chi connectivity index (χ4v) is 3.71. The van der Waals surface area contributed by atoms with Crippen molar-refractivity contribution < 1.29 is 4.79 Å². The number of H-pyrrole nitrogens is 1. The fraction of sp³-hybridized carbons (Fsp3) is 0.105. The van der Waals surface area contributed by atoms with E-state index in [1.54, 1.807) is 29.9 Å². The van der Waals surface area contributed by atoms with Crippen molar-refractivity contribution in [3.63, 3.8) is 0 Å². The van der Waals surface area contributed by atoms with Gasteiger partial charge in [-0.25, -0.2) is 4.98 Å². The molecular formula is C19H16N4OS. The average molecular weight is 348 g/mol. The summed E-state index contributed by atoms with van der Waals surface area (Å²) in [4.78, 5) is 25.4. The Morgan fingerprint density at radius 2 is 2.12 bits per heavy atom. The summed E-state index contributed by atoms with van der Waals surface area (Å²) in [6.07, 6.45) is 5.29. The highest BCUT2D eigenvalue weighted by Gasteiger charge is 2.14. The number of para-hydroxylation sites is 1. The van der Waals surface area contributed by atoms with E-state index in [1.165, 1.54) is 0 Å². The van der Waals surface area contributed by atoms with Crippen LogP contribution in [0.1, 0.15) is 20.9 Å². The van der Waals surface area contributed by atoms with E-state index in [9.17, 15) is 4.79 Å². The molecule has 124 valence electrons. The lowest BCUT2D eigenvalue weighted by molar-refractivity contribution is 0.0953. The van der Waals surface area contributed by atoms with Gasteiger partial charge in [-0.1, -0.05) is 18.2 Å². The molecule has 0 aliphatic rings. The monoisotopic (exact) mass is 348 g/mol. The molecule has 25 heavy (non-hydrogen) atoms. The topological polar surface area (TPSA) is 70.7 Å². The lowest BCUT2D eigenvalue weighted by Crippen LogP contribution is -2.22. The molecule has 1 amide bonds. The maximum atomic E-state index is 12.5. The smallest absolute Gasteiger partial charge is 0.253 e. The number of nitrogens with zero attached hydrogens (tertiary/aromatic N) is 2. The molecule has 5 nitrogen and oxygen atoms in total. The van der Waals surface area contributed by atoms with Crippen LogP contribution in [0.3, 0.4) is 0 Å². The van der Waals surface area contributed by atoms with Gasteiger partial charge in [0.1, 0.15) is 5.01 Å². The Balaban J connectivity index is 1.52. The van der Waals surface area contributed by atoms with Crippen molar-refractivity contribution in [3.8, 4) is 10.6 Å². The number of aromatic amines is 1. The molecule has 4 aromatic rings. The summed E-state index contributed by atoms with van der Waals surface area (Å²) in [6.45, 7) is 2.42. The molecule has 0 bridgehead atoms. The summed E-state index contributed by atoms with van der Waals surface area (Å²) >= 11 is 1.58. The number of rotatable bonds is 4. The molecule has 3 aromatic heterocycles. The van der Waals surface area contributed by atoms with Gasteiger partial charge in [0.2, 0.25) is 0 Å². The molecule has 0 atom stereocenters. The Hall–Kier alpha value is -2.99. The third kappa shape index (κ3) is 3.04. The second-order valence-corrected chi connectivity index (χ2v) is 6.78. The Bertz CT molecular complexity index is 1040. The van der Waals surface area contributed by atoms with Crippen molar-refractivity contribution in [2.45, 2.75) is 13.5 Å². The Morgan fingerprint density at radius 1 is 1.24 bits per heavy atom. The number of amides is 1. The Labute approximate surface area is 148 Å². The molecule has 0 radical (unpaired) electrons. The molecule has 0 unspecified atom stereocenters. The van der Waals surface area contributed by atoms with Crippen LogP contribution >= 0.6 is 11.3 Å². The first-order valence-electron chi connectivity index (χ1n) is 7.93. The zero-order valence-electron chi connectivity index (χ0n) is 13.6. The highest BCUT2D eigenvalue weighted by Crippen LogP contribution is 2.27. The molecule has 2 N–H and O–H groups in total. The minimum absolute atomic E-state index is 0.0897. The van der Waals surface area contributed by atoms with E-state index in [4.69, 9.17) is 0 Å². The van der Waals surface area contributed by atoms with Gasteiger partial charge in [-0.05, 0) is 25.1 Å². The van der Waals surface area contributed by atoms with Crippen molar-refractivity contribution in [1.29, 1.82) is 0 Å². The zero-order chi connectivity index (χ0) is 17.2. The number of fused-ring (bicyclic) bond motifs is 1. The summed E-state index contributed by atoms with van der Waals surface area (Å²) in [5, 5.41) is 4.84. The van der Waals surface area contributed by atoms with Gasteiger partial charge in [0, 0.05) is 39.9 Å². The van der Waals surface area contributed by atoms with Crippen LogP contribution in [0.5, 0.6) is 0 Å². The number of carbonyl (C=O) groups excluding carboxylic acids is 1. The lowest BCUT2D eigenvalue weighted by atomic mass is 10.1. The summed E-state index contributed by atoms with van der Waals surface area (Å²) in [5.74, 6) is -0.0897. The molecule has 4 rings (SSSR count). The van der Waals surface area contributed by atoms with Gasteiger partial charge < -0.3 is 10.3 Å². The molecule has 6 heteroatoms. The summed E-state index contributed by atoms with van der Waals surface area (Å²) in [5.41, 5.74) is 3.54. The standard InChI is InChI=1S/C19H16N4OS/c1-12-17(25-19(23-12)13-5-4-8-20-9-13)11-22-18(24)15-10-21-16-7-3-2-6-14(15)16/h2-10,21H,11H2,1H3,(H,22,24). The molecule has 0 saturated carbocycles. The molecule has 0 aliphatic heterocycles. The van der Waals surface area contributed by atoms with Crippen molar-refractivity contribution in [1.82, 2.24) is 20.3 Å². The summed E-state index contributed by atoms with van der Waals surface area (Å²) < 4.78 is 0. The highest BCUT2D eigenvalue weighted by atomic mass is 32.1. The number of aromatic nitrogens is 3. The van der Waals surface area contributed by atoms with E-state index in [-0.39, 0.29) is 5.91 Å². The SMILES string of the molecule is Cc1nc(-c2cccnc2)sc1CNC(=O)c1c[nH]c2ccccc12. The number of benzene rings is 1. The molecule has 1 aromatic carbocycles. The minimum Gasteiger partial charge on any atom is -0.360 e. The predicted molar refractivity (Wildman–Crippen MR) is 99.6 cm³/mol. The van der Waals surface area contributed by atoms with E-state index in [0.29, 0.717) is 12.1 Å². The van der Waals surface area contributed by atoms with Gasteiger partial charge in [-0.3, -0.25) is 9.78 Å². The largest absolute Gasteiger partial charge is 0.360 e. The first-order chi connectivity index (χ1) is 12.2. The number of hydrogen-bond acceptors (Lipinski definition) is 4. The van der Waals surface area contributed by atoms with Crippen molar-refractivity contribution in [2.24, 2.45) is 0 Å². The first-order valence-corrected chi connectivity index (χ1v) is 8.75. The van der Waals surface area contributed by atoms with Gasteiger partial charge in [0.15, 0.2) is 0 Å². The zero-order valence-corrected chi connectivity index (χ0v) is 14.4. The first kappa shape index (κ1) is 15.5. The molecule has 0 saturated heterocycles. The van der Waals surface area contributed by atoms with Crippen molar-refractivity contribution >= 4 is 28.1 Å². The van der Waals surface area contributed by atoms with E-state index >= 15 is 0 Å². The number of hydrogen-bond donors (Lipinski definition) is 2. The van der Waals surface area contributed by atoms with Crippen LogP contribution < -0.4 is 5.32 Å². The van der Waals surface area contributed by atoms with Gasteiger partial charge in [-0.15, -0.1) is 11.3 Å². The molecular weight excluding hydrogens is 332 g/mol. The number of thiazole rings is 1. The number of carbonyl (C=O) groups is 1. The van der Waals surface area contributed by atoms with Crippen LogP contribution in [0.4, 0.5) is 0 Å². The second-order valence-electron chi connectivity index (χ2n) is 5.70. The molecule has 0 spiro atoms. The maximum absolute atomic E-state index is 12.5. The molecule has 3 heterocycles. The number of pyridine rings is 1. The number of nitrogens with one attached hydrogen (secondary N) is 2. The third-order valence-electron chi connectivity index (χ3n) is 4.04. The minimum atomic E-state index is -0.0897. The second kappa shape index (κ2) is 6.49. The quantitative estimate of drug-likeness (QED) is 0.587. The van der Waals surface area contributed by atoms with E-state index in [1.807, 2.05) is 43.3 Å². The van der Waals surface area contributed by atoms with Crippen molar-refractivity contribution in [2.75, 3.05) is 0 Å². The van der Waals surface area contributed by atoms with Crippen molar-refractivity contribution in [3.05, 3.63) is 71.1 Å². The summed E-state index contributed by atoms with van der Waals surface area (Å²) in [6, 6.07) is 11.7. The van der Waals surface area contributed by atoms with Crippen LogP contribution in [-0.4, -0.2) is 20.9 Å². The van der Waals surface area contributed by atoms with E-state index < -0.39 is 0 Å². The van der Waals surface area contributed by atoms with Crippen LogP contribution in [-0.2, 0) is 6.54 Å². The predicted octanol–water partition coefficient (Wildman–Crippen LogP) is 3.92. The summed E-state index contributed by atoms with van der Waals surface area (Å²) in [7, 11) is 0. The lowest BCUT2D eigenvalue weighted by Gasteiger charge is -2.03. The Morgan fingerprint density at radius 3 is 2.96 bits per heavy atom. The van der Waals surface area contributed by atoms with Crippen LogP contribution in [0, 0.1) is 6.92 Å². The highest BCUT2D eigenvalue weighted by molar-refractivity contribution is 7.15. The normalized spacial score (nSPS) is 10.9.